The molecule has 1 aliphatic rings. The maximum Gasteiger partial charge on any atom is 0.125 e. The summed E-state index contributed by atoms with van der Waals surface area (Å²) in [5.41, 5.74) is 0.988. The van der Waals surface area contributed by atoms with Crippen molar-refractivity contribution in [2.24, 2.45) is 10.1 Å². The van der Waals surface area contributed by atoms with Crippen LogP contribution in [-0.2, 0) is 0 Å². The number of ether oxygens (including phenoxy) is 1. The maximum absolute atomic E-state index is 10.3. The summed E-state index contributed by atoms with van der Waals surface area (Å²) in [6.07, 6.45) is 2.04. The molecule has 0 amide bonds. The van der Waals surface area contributed by atoms with Gasteiger partial charge in [-0.05, 0) is 51.3 Å². The number of aliphatic imine (C=N–C) groups is 1. The van der Waals surface area contributed by atoms with Gasteiger partial charge in [0.25, 0.3) is 0 Å². The third-order valence-corrected chi connectivity index (χ3v) is 4.97. The first-order valence-corrected chi connectivity index (χ1v) is 8.83. The fraction of sp³-hybridized carbons (Fsp3) is 0.444. The molecular weight excluding hydrogens is 322 g/mol. The van der Waals surface area contributed by atoms with E-state index in [4.69, 9.17) is 4.74 Å². The van der Waals surface area contributed by atoms with Crippen LogP contribution in [0.25, 0.3) is 0 Å². The second-order valence-electron chi connectivity index (χ2n) is 6.16. The first-order valence-electron chi connectivity index (χ1n) is 7.85. The van der Waals surface area contributed by atoms with Crippen molar-refractivity contribution in [1.29, 1.82) is 0 Å². The van der Waals surface area contributed by atoms with Crippen LogP contribution in [-0.4, -0.2) is 46.9 Å². The van der Waals surface area contributed by atoms with Crippen molar-refractivity contribution in [2.45, 2.75) is 32.4 Å². The van der Waals surface area contributed by atoms with Gasteiger partial charge in [0, 0.05) is 18.0 Å². The summed E-state index contributed by atoms with van der Waals surface area (Å²) >= 11 is 1.60. The van der Waals surface area contributed by atoms with Crippen LogP contribution < -0.4 is 4.74 Å². The lowest BCUT2D eigenvalue weighted by molar-refractivity contribution is 0.150. The largest absolute Gasteiger partial charge is 0.497 e. The molecule has 2 rings (SSSR count). The second-order valence-corrected chi connectivity index (χ2v) is 7.24. The van der Waals surface area contributed by atoms with E-state index in [0.717, 1.165) is 34.4 Å². The molecule has 0 radical (unpaired) electrons. The first-order chi connectivity index (χ1) is 11.3. The molecule has 1 aliphatic heterocycles. The molecule has 0 aliphatic carbocycles. The van der Waals surface area contributed by atoms with E-state index >= 15 is 0 Å². The molecule has 0 saturated carbocycles. The topological polar surface area (TPSA) is 57.4 Å². The van der Waals surface area contributed by atoms with Crippen LogP contribution in [0.2, 0.25) is 0 Å². The molecule has 24 heavy (non-hydrogen) atoms. The number of thioether (sulfide) groups is 1. The number of methoxy groups -OCH3 is 1. The molecular formula is C18H25N3O2S. The number of hydrogen-bond acceptors (Lipinski definition) is 6. The molecule has 130 valence electrons. The summed E-state index contributed by atoms with van der Waals surface area (Å²) in [6.45, 7) is 9.83. The van der Waals surface area contributed by atoms with Gasteiger partial charge in [0.1, 0.15) is 16.4 Å². The van der Waals surface area contributed by atoms with Crippen LogP contribution in [0.4, 0.5) is 0 Å². The Morgan fingerprint density at radius 3 is 2.67 bits per heavy atom. The van der Waals surface area contributed by atoms with E-state index in [1.54, 1.807) is 32.7 Å². The SMILES string of the molecule is C=NC(C)=CC(c1ccc(OC)cc1)N1CCSC(C(C)(C)O)=N1. The molecule has 1 atom stereocenters. The van der Waals surface area contributed by atoms with Gasteiger partial charge in [-0.15, -0.1) is 11.8 Å². The predicted molar refractivity (Wildman–Crippen MR) is 102 cm³/mol. The predicted octanol–water partition coefficient (Wildman–Crippen LogP) is 3.47. The smallest absolute Gasteiger partial charge is 0.125 e. The van der Waals surface area contributed by atoms with E-state index in [9.17, 15) is 5.11 Å². The van der Waals surface area contributed by atoms with E-state index in [1.165, 1.54) is 0 Å². The number of benzene rings is 1. The fourth-order valence-corrected chi connectivity index (χ4v) is 3.36. The zero-order chi connectivity index (χ0) is 17.7. The van der Waals surface area contributed by atoms with Crippen molar-refractivity contribution in [2.75, 3.05) is 19.4 Å². The molecule has 0 saturated heterocycles. The van der Waals surface area contributed by atoms with Gasteiger partial charge in [0.05, 0.1) is 13.2 Å². The summed E-state index contributed by atoms with van der Waals surface area (Å²) in [5, 5.41) is 17.7. The average Bonchev–Trinajstić information content (AvgIpc) is 2.59. The minimum atomic E-state index is -0.941. The molecule has 1 unspecified atom stereocenters. The average molecular weight is 347 g/mol. The Balaban J connectivity index is 2.40. The van der Waals surface area contributed by atoms with Crippen molar-refractivity contribution in [3.8, 4) is 5.75 Å². The van der Waals surface area contributed by atoms with Crippen LogP contribution >= 0.6 is 11.8 Å². The van der Waals surface area contributed by atoms with Crippen LogP contribution in [0.15, 0.2) is 46.1 Å². The third kappa shape index (κ3) is 4.61. The lowest BCUT2D eigenvalue weighted by Crippen LogP contribution is -2.37. The van der Waals surface area contributed by atoms with E-state index in [-0.39, 0.29) is 6.04 Å². The molecule has 1 aromatic carbocycles. The molecule has 5 nitrogen and oxygen atoms in total. The number of hydrazone groups is 1. The summed E-state index contributed by atoms with van der Waals surface area (Å²) in [5.74, 6) is 1.69. The summed E-state index contributed by atoms with van der Waals surface area (Å²) in [4.78, 5) is 4.01. The summed E-state index contributed by atoms with van der Waals surface area (Å²) in [7, 11) is 1.65. The van der Waals surface area contributed by atoms with E-state index in [0.29, 0.717) is 0 Å². The molecule has 6 heteroatoms. The van der Waals surface area contributed by atoms with Crippen LogP contribution in [0.3, 0.4) is 0 Å². The molecule has 0 bridgehead atoms. The first kappa shape index (κ1) is 18.5. The van der Waals surface area contributed by atoms with Crippen molar-refractivity contribution in [1.82, 2.24) is 5.01 Å². The highest BCUT2D eigenvalue weighted by atomic mass is 32.2. The number of nitrogens with zero attached hydrogens (tertiary/aromatic N) is 3. The van der Waals surface area contributed by atoms with E-state index in [1.807, 2.05) is 42.3 Å². The molecule has 0 aromatic heterocycles. The zero-order valence-electron chi connectivity index (χ0n) is 14.7. The van der Waals surface area contributed by atoms with Crippen molar-refractivity contribution < 1.29 is 9.84 Å². The highest BCUT2D eigenvalue weighted by Crippen LogP contribution is 2.31. The Labute approximate surface area is 148 Å². The molecule has 0 fully saturated rings. The van der Waals surface area contributed by atoms with Gasteiger partial charge < -0.3 is 9.84 Å². The Morgan fingerprint density at radius 1 is 1.46 bits per heavy atom. The molecule has 1 N–H and O–H groups in total. The van der Waals surface area contributed by atoms with Gasteiger partial charge in [0.2, 0.25) is 0 Å². The van der Waals surface area contributed by atoms with Gasteiger partial charge in [-0.3, -0.25) is 10.0 Å². The van der Waals surface area contributed by atoms with Gasteiger partial charge in [0.15, 0.2) is 0 Å². The van der Waals surface area contributed by atoms with Crippen molar-refractivity contribution in [3.63, 3.8) is 0 Å². The number of hydrogen-bond donors (Lipinski definition) is 1. The van der Waals surface area contributed by atoms with Gasteiger partial charge in [-0.1, -0.05) is 12.1 Å². The normalized spacial score (nSPS) is 17.3. The van der Waals surface area contributed by atoms with Crippen LogP contribution in [0, 0.1) is 0 Å². The van der Waals surface area contributed by atoms with E-state index < -0.39 is 5.60 Å². The van der Waals surface area contributed by atoms with Gasteiger partial charge in [-0.25, -0.2) is 0 Å². The molecule has 0 spiro atoms. The quantitative estimate of drug-likeness (QED) is 0.801. The lowest BCUT2D eigenvalue weighted by Gasteiger charge is -2.34. The second kappa shape index (κ2) is 7.85. The maximum atomic E-state index is 10.3. The fourth-order valence-electron chi connectivity index (χ4n) is 2.37. The summed E-state index contributed by atoms with van der Waals surface area (Å²) < 4.78 is 5.24. The van der Waals surface area contributed by atoms with Crippen molar-refractivity contribution >= 4 is 23.5 Å². The highest BCUT2D eigenvalue weighted by Gasteiger charge is 2.28. The Morgan fingerprint density at radius 2 is 2.12 bits per heavy atom. The number of aliphatic hydroxyl groups is 1. The Kier molecular flexibility index (Phi) is 6.07. The van der Waals surface area contributed by atoms with Gasteiger partial charge in [-0.2, -0.15) is 5.10 Å². The van der Waals surface area contributed by atoms with Crippen LogP contribution in [0.5, 0.6) is 5.75 Å². The minimum absolute atomic E-state index is 0.0698. The highest BCUT2D eigenvalue weighted by molar-refractivity contribution is 8.14. The molecule has 1 aromatic rings. The van der Waals surface area contributed by atoms with Crippen molar-refractivity contribution in [3.05, 3.63) is 41.6 Å². The van der Waals surface area contributed by atoms with Crippen LogP contribution in [0.1, 0.15) is 32.4 Å². The zero-order valence-corrected chi connectivity index (χ0v) is 15.5. The molecule has 1 heterocycles. The Hall–Kier alpha value is -1.79. The standard InChI is InChI=1S/C18H25N3O2S/c1-13(19-4)12-16(14-6-8-15(23-5)9-7-14)21-10-11-24-17(20-21)18(2,3)22/h6-9,12,16,22H,4,10-11H2,1-3,5H3. The number of allylic oxidation sites excluding steroid dienone is 1. The third-order valence-electron chi connectivity index (χ3n) is 3.73. The minimum Gasteiger partial charge on any atom is -0.497 e. The Bertz CT molecular complexity index is 633. The van der Waals surface area contributed by atoms with Gasteiger partial charge >= 0.3 is 0 Å². The summed E-state index contributed by atoms with van der Waals surface area (Å²) in [6, 6.07) is 7.85. The number of rotatable bonds is 6. The monoisotopic (exact) mass is 347 g/mol. The van der Waals surface area contributed by atoms with E-state index in [2.05, 4.69) is 16.8 Å². The lowest BCUT2D eigenvalue weighted by atomic mass is 10.0.